The quantitative estimate of drug-likeness (QED) is 0.415. The van der Waals surface area contributed by atoms with Crippen LogP contribution in [0, 0.1) is 0 Å². The first-order valence-corrected chi connectivity index (χ1v) is 10.9. The van der Waals surface area contributed by atoms with Crippen molar-refractivity contribution in [1.29, 1.82) is 0 Å². The van der Waals surface area contributed by atoms with Crippen molar-refractivity contribution < 1.29 is 4.79 Å². The Morgan fingerprint density at radius 1 is 1.04 bits per heavy atom. The van der Waals surface area contributed by atoms with Gasteiger partial charge in [0.05, 0.1) is 5.69 Å². The average Bonchev–Trinajstić information content (AvgIpc) is 2.73. The predicted octanol–water partition coefficient (Wildman–Crippen LogP) is 4.07. The molecule has 2 aromatic carbocycles. The van der Waals surface area contributed by atoms with E-state index in [1.807, 2.05) is 66.4 Å². The van der Waals surface area contributed by atoms with E-state index in [4.69, 9.17) is 0 Å². The molecule has 0 aliphatic carbocycles. The predicted molar refractivity (Wildman–Crippen MR) is 120 cm³/mol. The van der Waals surface area contributed by atoms with Gasteiger partial charge in [0.15, 0.2) is 0 Å². The third-order valence-corrected chi connectivity index (χ3v) is 6.00. The highest BCUT2D eigenvalue weighted by molar-refractivity contribution is 7.99. The molecule has 28 heavy (non-hydrogen) atoms. The van der Waals surface area contributed by atoms with Gasteiger partial charge in [0.2, 0.25) is 5.91 Å². The van der Waals surface area contributed by atoms with Gasteiger partial charge in [-0.15, -0.1) is 11.8 Å². The first-order chi connectivity index (χ1) is 13.7. The summed E-state index contributed by atoms with van der Waals surface area (Å²) >= 11 is 1.82. The van der Waals surface area contributed by atoms with Crippen LogP contribution in [0.15, 0.2) is 65.6 Å². The molecular weight excluding hydrogens is 366 g/mol. The summed E-state index contributed by atoms with van der Waals surface area (Å²) in [7, 11) is 2.19. The summed E-state index contributed by atoms with van der Waals surface area (Å²) in [6.07, 6.45) is 4.58. The van der Waals surface area contributed by atoms with Gasteiger partial charge in [-0.25, -0.2) is 0 Å². The fourth-order valence-corrected chi connectivity index (χ4v) is 4.09. The number of benzene rings is 2. The lowest BCUT2D eigenvalue weighted by Crippen LogP contribution is -2.44. The van der Waals surface area contributed by atoms with E-state index in [0.29, 0.717) is 0 Å². The monoisotopic (exact) mass is 395 g/mol. The minimum atomic E-state index is -0.102. The second-order valence-electron chi connectivity index (χ2n) is 7.08. The van der Waals surface area contributed by atoms with Crippen LogP contribution in [0.25, 0.3) is 6.08 Å². The lowest BCUT2D eigenvalue weighted by Gasteiger charge is -2.32. The van der Waals surface area contributed by atoms with Crippen LogP contribution >= 0.6 is 11.8 Å². The molecule has 0 aromatic heterocycles. The molecule has 3 rings (SSSR count). The third kappa shape index (κ3) is 6.82. The summed E-state index contributed by atoms with van der Waals surface area (Å²) in [5, 5.41) is 3.01. The molecule has 0 saturated carbocycles. The van der Waals surface area contributed by atoms with Gasteiger partial charge in [-0.3, -0.25) is 4.79 Å². The molecule has 2 aromatic rings. The van der Waals surface area contributed by atoms with E-state index in [0.717, 1.165) is 34.9 Å². The number of nitrogens with one attached hydrogen (secondary N) is 1. The van der Waals surface area contributed by atoms with Crippen LogP contribution < -0.4 is 5.32 Å². The molecule has 1 fully saturated rings. The maximum Gasteiger partial charge on any atom is 0.248 e. The smallest absolute Gasteiger partial charge is 0.248 e. The lowest BCUT2D eigenvalue weighted by atomic mass is 10.2. The molecule has 0 bridgehead atoms. The Morgan fingerprint density at radius 3 is 2.54 bits per heavy atom. The zero-order chi connectivity index (χ0) is 19.6. The van der Waals surface area contributed by atoms with Crippen molar-refractivity contribution in [2.75, 3.05) is 50.8 Å². The number of carbonyl (C=O) groups excluding carboxylic acids is 1. The molecule has 4 nitrogen and oxygen atoms in total. The fourth-order valence-electron chi connectivity index (χ4n) is 3.15. The molecule has 0 spiro atoms. The number of hydrogen-bond acceptors (Lipinski definition) is 4. The number of hydrogen-bond donors (Lipinski definition) is 1. The summed E-state index contributed by atoms with van der Waals surface area (Å²) in [6, 6.07) is 17.9. The van der Waals surface area contributed by atoms with Gasteiger partial charge >= 0.3 is 0 Å². The fraction of sp³-hybridized carbons (Fsp3) is 0.348. The Labute approximate surface area is 172 Å². The molecule has 1 N–H and O–H groups in total. The number of rotatable bonds is 8. The molecule has 5 heteroatoms. The Hall–Kier alpha value is -2.08. The number of nitrogens with zero attached hydrogens (tertiary/aromatic N) is 2. The molecule has 1 aliphatic heterocycles. The average molecular weight is 396 g/mol. The van der Waals surface area contributed by atoms with Crippen LogP contribution in [-0.2, 0) is 4.79 Å². The molecule has 1 saturated heterocycles. The van der Waals surface area contributed by atoms with Crippen molar-refractivity contribution in [2.45, 2.75) is 11.3 Å². The molecule has 0 radical (unpaired) electrons. The molecule has 1 amide bonds. The van der Waals surface area contributed by atoms with Crippen molar-refractivity contribution in [2.24, 2.45) is 0 Å². The van der Waals surface area contributed by atoms with Gasteiger partial charge in [-0.1, -0.05) is 42.5 Å². The molecule has 0 unspecified atom stereocenters. The highest BCUT2D eigenvalue weighted by atomic mass is 32.2. The van der Waals surface area contributed by atoms with Crippen LogP contribution in [0.3, 0.4) is 0 Å². The second kappa shape index (κ2) is 11.1. The van der Waals surface area contributed by atoms with Crippen LogP contribution in [0.5, 0.6) is 0 Å². The first-order valence-electron chi connectivity index (χ1n) is 9.87. The number of para-hydroxylation sites is 1. The zero-order valence-corrected chi connectivity index (χ0v) is 17.3. The van der Waals surface area contributed by atoms with Gasteiger partial charge in [0.1, 0.15) is 0 Å². The van der Waals surface area contributed by atoms with E-state index >= 15 is 0 Å². The minimum absolute atomic E-state index is 0.102. The Kier molecular flexibility index (Phi) is 8.15. The van der Waals surface area contributed by atoms with Gasteiger partial charge < -0.3 is 15.1 Å². The van der Waals surface area contributed by atoms with Gasteiger partial charge in [0.25, 0.3) is 0 Å². The van der Waals surface area contributed by atoms with E-state index in [-0.39, 0.29) is 5.91 Å². The summed E-state index contributed by atoms with van der Waals surface area (Å²) < 4.78 is 0. The maximum absolute atomic E-state index is 12.3. The summed E-state index contributed by atoms with van der Waals surface area (Å²) in [5.74, 6) is 0.952. The topological polar surface area (TPSA) is 35.6 Å². The molecule has 1 heterocycles. The van der Waals surface area contributed by atoms with E-state index in [2.05, 4.69) is 28.2 Å². The maximum atomic E-state index is 12.3. The Bertz CT molecular complexity index is 770. The van der Waals surface area contributed by atoms with Gasteiger partial charge in [0, 0.05) is 37.2 Å². The number of piperazine rings is 1. The van der Waals surface area contributed by atoms with Crippen LogP contribution in [0.1, 0.15) is 12.0 Å². The molecular formula is C23H29N3OS. The largest absolute Gasteiger partial charge is 0.321 e. The summed E-state index contributed by atoms with van der Waals surface area (Å²) in [5.41, 5.74) is 1.90. The highest BCUT2D eigenvalue weighted by Gasteiger charge is 2.13. The zero-order valence-electron chi connectivity index (χ0n) is 16.5. The number of anilines is 1. The van der Waals surface area contributed by atoms with Gasteiger partial charge in [-0.2, -0.15) is 0 Å². The number of thioether (sulfide) groups is 1. The Balaban J connectivity index is 1.46. The van der Waals surface area contributed by atoms with Crippen molar-refractivity contribution in [3.05, 3.63) is 66.2 Å². The van der Waals surface area contributed by atoms with Gasteiger partial charge in [-0.05, 0) is 49.5 Å². The number of amides is 1. The van der Waals surface area contributed by atoms with Crippen LogP contribution in [-0.4, -0.2) is 61.2 Å². The van der Waals surface area contributed by atoms with Crippen molar-refractivity contribution >= 4 is 29.4 Å². The summed E-state index contributed by atoms with van der Waals surface area (Å²) in [4.78, 5) is 18.3. The minimum Gasteiger partial charge on any atom is -0.321 e. The summed E-state index contributed by atoms with van der Waals surface area (Å²) in [6.45, 7) is 5.81. The Morgan fingerprint density at radius 2 is 1.75 bits per heavy atom. The molecule has 1 aliphatic rings. The van der Waals surface area contributed by atoms with E-state index < -0.39 is 0 Å². The first kappa shape index (κ1) is 20.6. The second-order valence-corrected chi connectivity index (χ2v) is 8.21. The standard InChI is InChI=1S/C23H29N3OS/c1-25-15-17-26(18-16-25)14-7-19-28-22-11-6-5-10-21(22)24-23(27)13-12-20-8-3-2-4-9-20/h2-6,8-13H,7,14-19H2,1H3,(H,24,27). The van der Waals surface area contributed by atoms with Crippen molar-refractivity contribution in [1.82, 2.24) is 9.80 Å². The van der Waals surface area contributed by atoms with Crippen molar-refractivity contribution in [3.63, 3.8) is 0 Å². The number of likely N-dealkylation sites (N-methyl/N-ethyl adjacent to an activating group) is 1. The van der Waals surface area contributed by atoms with E-state index in [9.17, 15) is 4.79 Å². The van der Waals surface area contributed by atoms with Crippen LogP contribution in [0.4, 0.5) is 5.69 Å². The van der Waals surface area contributed by atoms with Crippen LogP contribution in [0.2, 0.25) is 0 Å². The lowest BCUT2D eigenvalue weighted by molar-refractivity contribution is -0.111. The van der Waals surface area contributed by atoms with E-state index in [1.54, 1.807) is 6.08 Å². The van der Waals surface area contributed by atoms with Crippen molar-refractivity contribution in [3.8, 4) is 0 Å². The van der Waals surface area contributed by atoms with E-state index in [1.165, 1.54) is 26.2 Å². The third-order valence-electron chi connectivity index (χ3n) is 4.84. The highest BCUT2D eigenvalue weighted by Crippen LogP contribution is 2.27. The normalized spacial score (nSPS) is 15.8. The SMILES string of the molecule is CN1CCN(CCCSc2ccccc2NC(=O)C=Cc2ccccc2)CC1. The molecule has 148 valence electrons. The number of carbonyl (C=O) groups is 1. The molecule has 0 atom stereocenters.